The van der Waals surface area contributed by atoms with Crippen molar-refractivity contribution in [3.63, 3.8) is 0 Å². The second kappa shape index (κ2) is 4.98. The van der Waals surface area contributed by atoms with Gasteiger partial charge in [-0.1, -0.05) is 0 Å². The van der Waals surface area contributed by atoms with E-state index in [1.807, 2.05) is 0 Å². The molecule has 0 aliphatic rings. The molecule has 0 fully saturated rings. The number of carbonyl (C=O) groups is 2. The first-order chi connectivity index (χ1) is 8.51. The molecule has 0 saturated carbocycles. The highest BCUT2D eigenvalue weighted by Gasteiger charge is 2.39. The number of rotatable bonds is 3. The molecule has 9 heteroatoms. The van der Waals surface area contributed by atoms with Gasteiger partial charge in [0.2, 0.25) is 5.78 Å². The van der Waals surface area contributed by atoms with Crippen LogP contribution in [0.3, 0.4) is 0 Å². The minimum atomic E-state index is -5.20. The van der Waals surface area contributed by atoms with Crippen molar-refractivity contribution < 1.29 is 35.9 Å². The van der Waals surface area contributed by atoms with Gasteiger partial charge in [-0.05, 0) is 6.07 Å². The monoisotopic (exact) mass is 285 g/mol. The summed E-state index contributed by atoms with van der Waals surface area (Å²) in [5, 5.41) is 0. The lowest BCUT2D eigenvalue weighted by molar-refractivity contribution is -0.170. The van der Waals surface area contributed by atoms with E-state index in [1.54, 1.807) is 0 Å². The fourth-order valence-electron chi connectivity index (χ4n) is 1.10. The van der Waals surface area contributed by atoms with Gasteiger partial charge in [0.25, 0.3) is 0 Å². The lowest BCUT2D eigenvalue weighted by Crippen LogP contribution is -2.25. The maximum Gasteiger partial charge on any atom is 0.450 e. The van der Waals surface area contributed by atoms with Gasteiger partial charge in [0.05, 0.1) is 12.0 Å². The van der Waals surface area contributed by atoms with Gasteiger partial charge in [0.1, 0.15) is 0 Å². The Morgan fingerprint density at radius 3 is 2.11 bits per heavy atom. The molecule has 0 aliphatic carbocycles. The van der Waals surface area contributed by atoms with E-state index in [1.165, 1.54) is 0 Å². The normalized spacial score (nSPS) is 12.3. The molecule has 0 bridgehead atoms. The molecule has 19 heavy (non-hydrogen) atoms. The van der Waals surface area contributed by atoms with Crippen LogP contribution >= 0.6 is 0 Å². The summed E-state index contributed by atoms with van der Waals surface area (Å²) in [5.74, 6) is -3.70. The van der Waals surface area contributed by atoms with E-state index in [-0.39, 0.29) is 0 Å². The van der Waals surface area contributed by atoms with Gasteiger partial charge in [0, 0.05) is 18.0 Å². The van der Waals surface area contributed by atoms with Crippen molar-refractivity contribution in [3.8, 4) is 0 Å². The van der Waals surface area contributed by atoms with Gasteiger partial charge < -0.3 is 0 Å². The third-order valence-corrected chi connectivity index (χ3v) is 2.02. The third-order valence-electron chi connectivity index (χ3n) is 2.02. The second-order valence-electron chi connectivity index (χ2n) is 3.48. The Hall–Kier alpha value is -1.93. The van der Waals surface area contributed by atoms with Gasteiger partial charge in [-0.2, -0.15) is 26.3 Å². The molecule has 0 saturated heterocycles. The lowest BCUT2D eigenvalue weighted by Gasteiger charge is -2.08. The fourth-order valence-corrected chi connectivity index (χ4v) is 1.10. The van der Waals surface area contributed by atoms with Crippen LogP contribution in [0.2, 0.25) is 0 Å². The predicted molar refractivity (Wildman–Crippen MR) is 49.2 cm³/mol. The van der Waals surface area contributed by atoms with Crippen molar-refractivity contribution in [2.24, 2.45) is 0 Å². The quantitative estimate of drug-likeness (QED) is 0.487. The zero-order chi connectivity index (χ0) is 14.8. The third kappa shape index (κ3) is 4.04. The summed E-state index contributed by atoms with van der Waals surface area (Å²) < 4.78 is 72.5. The molecule has 0 unspecified atom stereocenters. The van der Waals surface area contributed by atoms with Gasteiger partial charge in [0.15, 0.2) is 5.78 Å². The number of alkyl halides is 6. The summed E-state index contributed by atoms with van der Waals surface area (Å²) in [6.45, 7) is 0. The molecule has 0 spiro atoms. The second-order valence-corrected chi connectivity index (χ2v) is 3.48. The maximum absolute atomic E-state index is 12.3. The maximum atomic E-state index is 12.3. The number of Topliss-reactive ketones (excluding diaryl/α,β-unsaturated/α-hetero) is 2. The van der Waals surface area contributed by atoms with E-state index in [4.69, 9.17) is 0 Å². The predicted octanol–water partition coefficient (Wildman–Crippen LogP) is 2.80. The van der Waals surface area contributed by atoms with Gasteiger partial charge in [-0.15, -0.1) is 0 Å². The average Bonchev–Trinajstić information content (AvgIpc) is 2.26. The number of nitrogens with zero attached hydrogens (tertiary/aromatic N) is 1. The first kappa shape index (κ1) is 15.1. The number of pyridine rings is 1. The number of ketones is 2. The topological polar surface area (TPSA) is 47.0 Å². The zero-order valence-electron chi connectivity index (χ0n) is 8.97. The summed E-state index contributed by atoms with van der Waals surface area (Å²) in [6, 6.07) is 0.346. The van der Waals surface area contributed by atoms with E-state index < -0.39 is 41.5 Å². The Balaban J connectivity index is 2.93. The van der Waals surface area contributed by atoms with E-state index in [9.17, 15) is 35.9 Å². The van der Waals surface area contributed by atoms with Gasteiger partial charge >= 0.3 is 12.4 Å². The van der Waals surface area contributed by atoms with Crippen molar-refractivity contribution in [1.82, 2.24) is 4.98 Å². The van der Waals surface area contributed by atoms with Crippen molar-refractivity contribution in [2.45, 2.75) is 18.8 Å². The molecule has 3 nitrogen and oxygen atoms in total. The number of hydrogen-bond donors (Lipinski definition) is 0. The highest BCUT2D eigenvalue weighted by Crippen LogP contribution is 2.29. The molecular formula is C10H5F6NO2. The van der Waals surface area contributed by atoms with Crippen LogP contribution in [-0.4, -0.2) is 22.7 Å². The molecule has 0 amide bonds. The molecule has 0 N–H and O–H groups in total. The first-order valence-electron chi connectivity index (χ1n) is 4.67. The molecule has 0 aromatic carbocycles. The summed E-state index contributed by atoms with van der Waals surface area (Å²) >= 11 is 0. The van der Waals surface area contributed by atoms with E-state index in [2.05, 4.69) is 4.98 Å². The Bertz CT molecular complexity index is 505. The summed E-state index contributed by atoms with van der Waals surface area (Å²) in [6.07, 6.45) is -10.4. The van der Waals surface area contributed by atoms with Crippen LogP contribution in [0.15, 0.2) is 18.5 Å². The van der Waals surface area contributed by atoms with Crippen LogP contribution in [0.1, 0.15) is 22.3 Å². The number of carbonyl (C=O) groups excluding carboxylic acids is 2. The van der Waals surface area contributed by atoms with Crippen LogP contribution in [0.5, 0.6) is 0 Å². The smallest absolute Gasteiger partial charge is 0.294 e. The Morgan fingerprint density at radius 2 is 1.63 bits per heavy atom. The molecule has 1 rings (SSSR count). The van der Waals surface area contributed by atoms with Crippen LogP contribution in [-0.2, 0) is 11.0 Å². The minimum Gasteiger partial charge on any atom is -0.294 e. The van der Waals surface area contributed by atoms with Gasteiger partial charge in [-0.3, -0.25) is 14.6 Å². The number of aromatic nitrogens is 1. The van der Waals surface area contributed by atoms with Crippen LogP contribution < -0.4 is 0 Å². The SMILES string of the molecule is O=C(CC(=O)C(F)(F)F)c1cncc(C(F)(F)F)c1. The van der Waals surface area contributed by atoms with E-state index >= 15 is 0 Å². The molecule has 1 heterocycles. The Morgan fingerprint density at radius 1 is 1.05 bits per heavy atom. The largest absolute Gasteiger partial charge is 0.450 e. The summed E-state index contributed by atoms with van der Waals surface area (Å²) in [4.78, 5) is 24.9. The molecule has 1 aromatic heterocycles. The van der Waals surface area contributed by atoms with Crippen molar-refractivity contribution in [2.75, 3.05) is 0 Å². The summed E-state index contributed by atoms with van der Waals surface area (Å²) in [7, 11) is 0. The van der Waals surface area contributed by atoms with Gasteiger partial charge in [-0.25, -0.2) is 0 Å². The highest BCUT2D eigenvalue weighted by atomic mass is 19.4. The molecule has 0 radical (unpaired) electrons. The molecule has 104 valence electrons. The van der Waals surface area contributed by atoms with Crippen LogP contribution in [0, 0.1) is 0 Å². The molecule has 0 atom stereocenters. The minimum absolute atomic E-state index is 0.346. The first-order valence-corrected chi connectivity index (χ1v) is 4.67. The molecule has 0 aliphatic heterocycles. The highest BCUT2D eigenvalue weighted by molar-refractivity contribution is 6.09. The molecule has 1 aromatic rings. The van der Waals surface area contributed by atoms with Crippen LogP contribution in [0.4, 0.5) is 26.3 Å². The number of halogens is 6. The fraction of sp³-hybridized carbons (Fsp3) is 0.300. The Labute approximate surface area is 102 Å². The number of hydrogen-bond acceptors (Lipinski definition) is 3. The molecular weight excluding hydrogens is 280 g/mol. The van der Waals surface area contributed by atoms with E-state index in [0.29, 0.717) is 18.5 Å². The zero-order valence-corrected chi connectivity index (χ0v) is 8.97. The van der Waals surface area contributed by atoms with E-state index in [0.717, 1.165) is 0 Å². The average molecular weight is 285 g/mol. The van der Waals surface area contributed by atoms with Crippen LogP contribution in [0.25, 0.3) is 0 Å². The Kier molecular flexibility index (Phi) is 3.97. The summed E-state index contributed by atoms with van der Waals surface area (Å²) in [5.41, 5.74) is -1.98. The van der Waals surface area contributed by atoms with Crippen molar-refractivity contribution in [1.29, 1.82) is 0 Å². The van der Waals surface area contributed by atoms with Crippen molar-refractivity contribution >= 4 is 11.6 Å². The standard InChI is InChI=1S/C10H5F6NO2/c11-9(12,13)6-1-5(3-17-4-6)7(18)2-8(19)10(14,15)16/h1,3-4H,2H2. The lowest BCUT2D eigenvalue weighted by atomic mass is 10.1. The van der Waals surface area contributed by atoms with Crippen molar-refractivity contribution in [3.05, 3.63) is 29.6 Å².